The van der Waals surface area contributed by atoms with Crippen molar-refractivity contribution in [3.8, 4) is 0 Å². The highest BCUT2D eigenvalue weighted by Gasteiger charge is 2.18. The van der Waals surface area contributed by atoms with E-state index in [1.54, 1.807) is 11.3 Å². The Balaban J connectivity index is 1.89. The molecule has 1 aromatic heterocycles. The van der Waals surface area contributed by atoms with Gasteiger partial charge in [0.15, 0.2) is 0 Å². The summed E-state index contributed by atoms with van der Waals surface area (Å²) >= 11 is 1.69. The van der Waals surface area contributed by atoms with Gasteiger partial charge >= 0.3 is 0 Å². The molecule has 0 unspecified atom stereocenters. The van der Waals surface area contributed by atoms with Crippen LogP contribution >= 0.6 is 11.3 Å². The van der Waals surface area contributed by atoms with Crippen LogP contribution in [0.25, 0.3) is 10.2 Å². The van der Waals surface area contributed by atoms with Crippen LogP contribution < -0.4 is 0 Å². The minimum absolute atomic E-state index is 0.174. The maximum absolute atomic E-state index is 12.4. The summed E-state index contributed by atoms with van der Waals surface area (Å²) in [5.74, 6) is 0.174. The number of likely N-dealkylation sites (tertiary alicyclic amines) is 1. The molecule has 0 atom stereocenters. The van der Waals surface area contributed by atoms with E-state index in [4.69, 9.17) is 0 Å². The molecule has 0 N–H and O–H groups in total. The number of piperidine rings is 1. The average Bonchev–Trinajstić information content (AvgIpc) is 2.89. The second-order valence-corrected chi connectivity index (χ2v) is 6.11. The average molecular weight is 274 g/mol. The second-order valence-electron chi connectivity index (χ2n) is 5.00. The van der Waals surface area contributed by atoms with Crippen LogP contribution in [0.3, 0.4) is 0 Å². The van der Waals surface area contributed by atoms with Gasteiger partial charge in [-0.15, -0.1) is 11.3 Å². The van der Waals surface area contributed by atoms with Crippen molar-refractivity contribution in [2.75, 3.05) is 13.1 Å². The predicted octanol–water partition coefficient (Wildman–Crippen LogP) is 3.48. The zero-order valence-corrected chi connectivity index (χ0v) is 12.0. The standard InChI is InChI=1S/C15H18N2OS/c1-2-14-16-12-7-6-11(10-13(12)19-14)15(18)17-8-4-3-5-9-17/h6-7,10H,2-5,8-9H2,1H3. The number of hydrogen-bond donors (Lipinski definition) is 0. The number of aryl methyl sites for hydroxylation is 1. The highest BCUT2D eigenvalue weighted by molar-refractivity contribution is 7.18. The van der Waals surface area contributed by atoms with Crippen molar-refractivity contribution in [1.29, 1.82) is 0 Å². The first-order valence-corrected chi connectivity index (χ1v) is 7.78. The predicted molar refractivity (Wildman–Crippen MR) is 78.8 cm³/mol. The van der Waals surface area contributed by atoms with Crippen LogP contribution in [0.15, 0.2) is 18.2 Å². The topological polar surface area (TPSA) is 33.2 Å². The van der Waals surface area contributed by atoms with Crippen molar-refractivity contribution < 1.29 is 4.79 Å². The first-order valence-electron chi connectivity index (χ1n) is 6.96. The molecule has 0 spiro atoms. The fraction of sp³-hybridized carbons (Fsp3) is 0.467. The van der Waals surface area contributed by atoms with Crippen molar-refractivity contribution in [1.82, 2.24) is 9.88 Å². The molecule has 1 aliphatic heterocycles. The molecule has 1 amide bonds. The fourth-order valence-electron chi connectivity index (χ4n) is 2.54. The van der Waals surface area contributed by atoms with Gasteiger partial charge in [0.1, 0.15) is 0 Å². The summed E-state index contributed by atoms with van der Waals surface area (Å²) < 4.78 is 1.12. The SMILES string of the molecule is CCc1nc2ccc(C(=O)N3CCCCC3)cc2s1. The number of aromatic nitrogens is 1. The smallest absolute Gasteiger partial charge is 0.253 e. The lowest BCUT2D eigenvalue weighted by molar-refractivity contribution is 0.0724. The zero-order chi connectivity index (χ0) is 13.2. The summed E-state index contributed by atoms with van der Waals surface area (Å²) in [4.78, 5) is 18.9. The lowest BCUT2D eigenvalue weighted by Crippen LogP contribution is -2.35. The summed E-state index contributed by atoms with van der Waals surface area (Å²) in [7, 11) is 0. The molecular formula is C15H18N2OS. The van der Waals surface area contributed by atoms with E-state index in [0.29, 0.717) is 0 Å². The molecule has 1 fully saturated rings. The molecule has 0 aliphatic carbocycles. The van der Waals surface area contributed by atoms with E-state index >= 15 is 0 Å². The first kappa shape index (κ1) is 12.6. The van der Waals surface area contributed by atoms with Crippen molar-refractivity contribution in [3.63, 3.8) is 0 Å². The van der Waals surface area contributed by atoms with Gasteiger partial charge in [0.2, 0.25) is 0 Å². The molecule has 100 valence electrons. The molecule has 3 rings (SSSR count). The van der Waals surface area contributed by atoms with E-state index in [1.165, 1.54) is 6.42 Å². The molecule has 0 saturated carbocycles. The molecule has 19 heavy (non-hydrogen) atoms. The van der Waals surface area contributed by atoms with E-state index in [0.717, 1.165) is 53.1 Å². The van der Waals surface area contributed by atoms with Gasteiger partial charge < -0.3 is 4.90 Å². The van der Waals surface area contributed by atoms with Gasteiger partial charge in [-0.05, 0) is 43.9 Å². The third-order valence-electron chi connectivity index (χ3n) is 3.63. The Morgan fingerprint density at radius 1 is 1.32 bits per heavy atom. The number of hydrogen-bond acceptors (Lipinski definition) is 3. The number of nitrogens with zero attached hydrogens (tertiary/aromatic N) is 2. The molecular weight excluding hydrogens is 256 g/mol. The van der Waals surface area contributed by atoms with E-state index in [2.05, 4.69) is 11.9 Å². The summed E-state index contributed by atoms with van der Waals surface area (Å²) in [6.07, 6.45) is 4.47. The molecule has 3 nitrogen and oxygen atoms in total. The molecule has 2 heterocycles. The minimum Gasteiger partial charge on any atom is -0.339 e. The fourth-order valence-corrected chi connectivity index (χ4v) is 3.48. The summed E-state index contributed by atoms with van der Waals surface area (Å²) in [6.45, 7) is 3.91. The van der Waals surface area contributed by atoms with Crippen LogP contribution in [0.5, 0.6) is 0 Å². The third-order valence-corrected chi connectivity index (χ3v) is 4.79. The second kappa shape index (κ2) is 5.29. The Labute approximate surface area is 117 Å². The summed E-state index contributed by atoms with van der Waals surface area (Å²) in [5.41, 5.74) is 1.82. The zero-order valence-electron chi connectivity index (χ0n) is 11.2. The third kappa shape index (κ3) is 2.50. The Bertz CT molecular complexity index is 599. The molecule has 0 bridgehead atoms. The Morgan fingerprint density at radius 3 is 2.84 bits per heavy atom. The number of amides is 1. The summed E-state index contributed by atoms with van der Waals surface area (Å²) in [5, 5.41) is 1.14. The number of carbonyl (C=O) groups excluding carboxylic acids is 1. The van der Waals surface area contributed by atoms with Crippen LogP contribution in [-0.4, -0.2) is 28.9 Å². The quantitative estimate of drug-likeness (QED) is 0.840. The van der Waals surface area contributed by atoms with Gasteiger partial charge in [0.05, 0.1) is 15.2 Å². The van der Waals surface area contributed by atoms with Gasteiger partial charge in [-0.1, -0.05) is 6.92 Å². The molecule has 0 radical (unpaired) electrons. The van der Waals surface area contributed by atoms with Crippen LogP contribution in [0.1, 0.15) is 41.6 Å². The number of carbonyl (C=O) groups is 1. The van der Waals surface area contributed by atoms with E-state index in [1.807, 2.05) is 23.1 Å². The van der Waals surface area contributed by atoms with Crippen molar-refractivity contribution in [2.24, 2.45) is 0 Å². The molecule has 4 heteroatoms. The van der Waals surface area contributed by atoms with E-state index in [9.17, 15) is 4.79 Å². The van der Waals surface area contributed by atoms with Crippen LogP contribution in [0.2, 0.25) is 0 Å². The monoisotopic (exact) mass is 274 g/mol. The maximum Gasteiger partial charge on any atom is 0.253 e. The van der Waals surface area contributed by atoms with Crippen LogP contribution in [0.4, 0.5) is 0 Å². The minimum atomic E-state index is 0.174. The largest absolute Gasteiger partial charge is 0.339 e. The molecule has 1 aliphatic rings. The lowest BCUT2D eigenvalue weighted by Gasteiger charge is -2.26. The number of rotatable bonds is 2. The van der Waals surface area contributed by atoms with Crippen molar-refractivity contribution in [2.45, 2.75) is 32.6 Å². The Hall–Kier alpha value is -1.42. The maximum atomic E-state index is 12.4. The number of fused-ring (bicyclic) bond motifs is 1. The van der Waals surface area contributed by atoms with Gasteiger partial charge in [0.25, 0.3) is 5.91 Å². The highest BCUT2D eigenvalue weighted by atomic mass is 32.1. The van der Waals surface area contributed by atoms with Crippen molar-refractivity contribution in [3.05, 3.63) is 28.8 Å². The Kier molecular flexibility index (Phi) is 3.51. The van der Waals surface area contributed by atoms with Gasteiger partial charge in [0, 0.05) is 18.7 Å². The van der Waals surface area contributed by atoms with Gasteiger partial charge in [-0.2, -0.15) is 0 Å². The van der Waals surface area contributed by atoms with Crippen molar-refractivity contribution >= 4 is 27.5 Å². The van der Waals surface area contributed by atoms with E-state index in [-0.39, 0.29) is 5.91 Å². The van der Waals surface area contributed by atoms with Crippen LogP contribution in [0, 0.1) is 0 Å². The molecule has 2 aromatic rings. The molecule has 1 aromatic carbocycles. The van der Waals surface area contributed by atoms with Crippen LogP contribution in [-0.2, 0) is 6.42 Å². The highest BCUT2D eigenvalue weighted by Crippen LogP contribution is 2.24. The normalized spacial score (nSPS) is 15.9. The lowest BCUT2D eigenvalue weighted by atomic mass is 10.1. The van der Waals surface area contributed by atoms with Gasteiger partial charge in [-0.3, -0.25) is 4.79 Å². The van der Waals surface area contributed by atoms with Gasteiger partial charge in [-0.25, -0.2) is 4.98 Å². The summed E-state index contributed by atoms with van der Waals surface area (Å²) in [6, 6.07) is 5.89. The first-order chi connectivity index (χ1) is 9.28. The van der Waals surface area contributed by atoms with E-state index < -0.39 is 0 Å². The Morgan fingerprint density at radius 2 is 2.11 bits per heavy atom. The number of benzene rings is 1. The molecule has 1 saturated heterocycles. The number of thiazole rings is 1.